The molecule has 0 amide bonds. The van der Waals surface area contributed by atoms with Crippen molar-refractivity contribution in [1.29, 1.82) is 5.26 Å². The van der Waals surface area contributed by atoms with Crippen LogP contribution in [0.25, 0.3) is 0 Å². The largest absolute Gasteiger partial charge is 0.361 e. The van der Waals surface area contributed by atoms with Crippen molar-refractivity contribution in [2.45, 2.75) is 76.3 Å². The highest BCUT2D eigenvalue weighted by atomic mass is 15.3. The van der Waals surface area contributed by atoms with E-state index in [0.717, 1.165) is 44.3 Å². The van der Waals surface area contributed by atoms with E-state index in [9.17, 15) is 5.26 Å². The molecule has 1 atom stereocenters. The molecule has 2 aromatic rings. The van der Waals surface area contributed by atoms with Crippen LogP contribution in [-0.4, -0.2) is 14.8 Å². The lowest BCUT2D eigenvalue weighted by Crippen LogP contribution is -2.19. The first-order valence-electron chi connectivity index (χ1n) is 10.1. The molecular weight excluding hydrogens is 322 g/mol. The molecule has 3 aliphatic rings. The zero-order valence-corrected chi connectivity index (χ0v) is 15.2. The van der Waals surface area contributed by atoms with E-state index in [-0.39, 0.29) is 6.04 Å². The Balaban J connectivity index is 1.45. The molecule has 1 fully saturated rings. The van der Waals surface area contributed by atoms with Gasteiger partial charge in [0.2, 0.25) is 0 Å². The van der Waals surface area contributed by atoms with Gasteiger partial charge in [0.1, 0.15) is 11.9 Å². The van der Waals surface area contributed by atoms with Gasteiger partial charge in [0.15, 0.2) is 0 Å². The first kappa shape index (κ1) is 15.9. The summed E-state index contributed by atoms with van der Waals surface area (Å²) in [5.41, 5.74) is 5.64. The van der Waals surface area contributed by atoms with Gasteiger partial charge in [-0.25, -0.2) is 4.98 Å². The van der Waals surface area contributed by atoms with Gasteiger partial charge in [0.05, 0.1) is 23.3 Å². The van der Waals surface area contributed by atoms with E-state index in [1.807, 2.05) is 6.07 Å². The molecule has 2 aromatic heterocycles. The number of nitriles is 1. The molecule has 0 radical (unpaired) electrons. The first-order valence-corrected chi connectivity index (χ1v) is 10.1. The summed E-state index contributed by atoms with van der Waals surface area (Å²) in [6, 6.07) is 5.12. The molecule has 0 saturated heterocycles. The molecule has 0 aliphatic heterocycles. The number of fused-ring (bicyclic) bond motifs is 2. The molecular formula is C21H25N5. The Morgan fingerprint density at radius 1 is 1.04 bits per heavy atom. The van der Waals surface area contributed by atoms with E-state index >= 15 is 0 Å². The molecule has 5 nitrogen and oxygen atoms in total. The third-order valence-corrected chi connectivity index (χ3v) is 6.29. The van der Waals surface area contributed by atoms with Crippen molar-refractivity contribution in [2.75, 3.05) is 5.32 Å². The van der Waals surface area contributed by atoms with Crippen LogP contribution >= 0.6 is 0 Å². The van der Waals surface area contributed by atoms with Gasteiger partial charge in [-0.1, -0.05) is 12.8 Å². The summed E-state index contributed by atoms with van der Waals surface area (Å²) >= 11 is 0. The maximum atomic E-state index is 9.57. The summed E-state index contributed by atoms with van der Waals surface area (Å²) in [4.78, 5) is 4.81. The maximum Gasteiger partial charge on any atom is 0.144 e. The number of aromatic nitrogens is 3. The quantitative estimate of drug-likeness (QED) is 0.901. The van der Waals surface area contributed by atoms with Crippen molar-refractivity contribution in [3.63, 3.8) is 0 Å². The second-order valence-electron chi connectivity index (χ2n) is 8.00. The number of nitrogens with one attached hydrogen (secondary N) is 1. The highest BCUT2D eigenvalue weighted by Gasteiger charge is 2.28. The highest BCUT2D eigenvalue weighted by molar-refractivity contribution is 5.56. The van der Waals surface area contributed by atoms with Gasteiger partial charge in [-0.05, 0) is 68.6 Å². The molecule has 0 bridgehead atoms. The highest BCUT2D eigenvalue weighted by Crippen LogP contribution is 2.36. The van der Waals surface area contributed by atoms with Crippen molar-refractivity contribution in [3.05, 3.63) is 40.3 Å². The fraction of sp³-hybridized carbons (Fsp3) is 0.571. The summed E-state index contributed by atoms with van der Waals surface area (Å²) in [6.45, 7) is 0. The van der Waals surface area contributed by atoms with E-state index < -0.39 is 0 Å². The van der Waals surface area contributed by atoms with Crippen LogP contribution in [0, 0.1) is 11.3 Å². The van der Waals surface area contributed by atoms with Crippen molar-refractivity contribution in [3.8, 4) is 6.07 Å². The Labute approximate surface area is 154 Å². The average molecular weight is 347 g/mol. The number of hydrogen-bond donors (Lipinski definition) is 1. The van der Waals surface area contributed by atoms with Gasteiger partial charge in [0, 0.05) is 11.9 Å². The van der Waals surface area contributed by atoms with Crippen LogP contribution in [0.5, 0.6) is 0 Å². The molecule has 1 saturated carbocycles. The van der Waals surface area contributed by atoms with Gasteiger partial charge in [-0.2, -0.15) is 10.4 Å². The lowest BCUT2D eigenvalue weighted by molar-refractivity contribution is 0.459. The van der Waals surface area contributed by atoms with Crippen LogP contribution in [0.15, 0.2) is 12.3 Å². The standard InChI is InChI=1S/C21H25N5/c22-12-16-11-14-5-3-9-18(14)23-21(16)24-19-10-4-6-15-13-26(25-20(15)19)17-7-1-2-8-17/h11,13,17,19H,1-10H2,(H,23,24)/t19-/m0/s1. The van der Waals surface area contributed by atoms with Crippen LogP contribution in [0.4, 0.5) is 5.82 Å². The molecule has 2 heterocycles. The molecule has 0 spiro atoms. The topological polar surface area (TPSA) is 66.5 Å². The average Bonchev–Trinajstić information content (AvgIpc) is 3.40. The van der Waals surface area contributed by atoms with Crippen molar-refractivity contribution in [2.24, 2.45) is 0 Å². The molecule has 1 N–H and O–H groups in total. The minimum atomic E-state index is 0.167. The number of rotatable bonds is 3. The molecule has 3 aliphatic carbocycles. The van der Waals surface area contributed by atoms with Crippen LogP contribution in [0.1, 0.15) is 85.1 Å². The summed E-state index contributed by atoms with van der Waals surface area (Å²) in [7, 11) is 0. The first-order chi connectivity index (χ1) is 12.8. The van der Waals surface area contributed by atoms with Gasteiger partial charge < -0.3 is 5.32 Å². The van der Waals surface area contributed by atoms with E-state index in [1.165, 1.54) is 48.2 Å². The Hall–Kier alpha value is -2.35. The molecule has 5 rings (SSSR count). The van der Waals surface area contributed by atoms with Crippen LogP contribution in [0.2, 0.25) is 0 Å². The second kappa shape index (κ2) is 6.42. The second-order valence-corrected chi connectivity index (χ2v) is 8.00. The maximum absolute atomic E-state index is 9.57. The molecule has 0 aromatic carbocycles. The minimum Gasteiger partial charge on any atom is -0.361 e. The Morgan fingerprint density at radius 2 is 1.88 bits per heavy atom. The third kappa shape index (κ3) is 2.68. The number of nitrogens with zero attached hydrogens (tertiary/aromatic N) is 4. The van der Waals surface area contributed by atoms with E-state index in [1.54, 1.807) is 0 Å². The van der Waals surface area contributed by atoms with Gasteiger partial charge in [0.25, 0.3) is 0 Å². The Bertz CT molecular complexity index is 869. The number of anilines is 1. The molecule has 0 unspecified atom stereocenters. The van der Waals surface area contributed by atoms with Crippen LogP contribution < -0.4 is 5.32 Å². The predicted molar refractivity (Wildman–Crippen MR) is 100 cm³/mol. The van der Waals surface area contributed by atoms with E-state index in [0.29, 0.717) is 11.6 Å². The summed E-state index contributed by atoms with van der Waals surface area (Å²) in [5, 5.41) is 18.1. The SMILES string of the molecule is N#Cc1cc2c(nc1N[C@H]1CCCc3cn(C4CCCC4)nc31)CCC2. The monoisotopic (exact) mass is 347 g/mol. The van der Waals surface area contributed by atoms with Gasteiger partial charge >= 0.3 is 0 Å². The number of pyridine rings is 1. The molecule has 5 heteroatoms. The fourth-order valence-electron chi connectivity index (χ4n) is 4.89. The Morgan fingerprint density at radius 3 is 2.73 bits per heavy atom. The van der Waals surface area contributed by atoms with E-state index in [4.69, 9.17) is 10.1 Å². The van der Waals surface area contributed by atoms with E-state index in [2.05, 4.69) is 22.3 Å². The number of hydrogen-bond acceptors (Lipinski definition) is 4. The zero-order valence-electron chi connectivity index (χ0n) is 15.2. The van der Waals surface area contributed by atoms with Crippen molar-refractivity contribution >= 4 is 5.82 Å². The Kier molecular flexibility index (Phi) is 3.92. The smallest absolute Gasteiger partial charge is 0.144 e. The lowest BCUT2D eigenvalue weighted by atomic mass is 9.93. The minimum absolute atomic E-state index is 0.167. The lowest BCUT2D eigenvalue weighted by Gasteiger charge is -2.23. The van der Waals surface area contributed by atoms with Crippen LogP contribution in [-0.2, 0) is 19.3 Å². The van der Waals surface area contributed by atoms with Gasteiger partial charge in [-0.15, -0.1) is 0 Å². The normalized spacial score (nSPS) is 22.0. The fourth-order valence-corrected chi connectivity index (χ4v) is 4.89. The molecule has 134 valence electrons. The van der Waals surface area contributed by atoms with Gasteiger partial charge in [-0.3, -0.25) is 4.68 Å². The van der Waals surface area contributed by atoms with Crippen molar-refractivity contribution in [1.82, 2.24) is 14.8 Å². The third-order valence-electron chi connectivity index (χ3n) is 6.29. The van der Waals surface area contributed by atoms with Crippen LogP contribution in [0.3, 0.4) is 0 Å². The summed E-state index contributed by atoms with van der Waals surface area (Å²) in [5.74, 6) is 0.751. The predicted octanol–water partition coefficient (Wildman–Crippen LogP) is 4.24. The molecule has 26 heavy (non-hydrogen) atoms. The number of aryl methyl sites for hydroxylation is 3. The summed E-state index contributed by atoms with van der Waals surface area (Å²) < 4.78 is 2.22. The van der Waals surface area contributed by atoms with Crippen molar-refractivity contribution < 1.29 is 0 Å². The summed E-state index contributed by atoms with van der Waals surface area (Å²) in [6.07, 6.45) is 14.0. The zero-order chi connectivity index (χ0) is 17.5.